The molecule has 0 aliphatic carbocycles. The van der Waals surface area contributed by atoms with Crippen molar-refractivity contribution in [3.05, 3.63) is 42.1 Å². The summed E-state index contributed by atoms with van der Waals surface area (Å²) in [6.07, 6.45) is 1.14. The first-order valence-corrected chi connectivity index (χ1v) is 7.19. The first kappa shape index (κ1) is 14.0. The number of nitrogen functional groups attached to an aromatic ring is 1. The Morgan fingerprint density at radius 2 is 2.05 bits per heavy atom. The number of nitriles is 1. The van der Waals surface area contributed by atoms with Gasteiger partial charge in [0.1, 0.15) is 17.3 Å². The third-order valence-electron chi connectivity index (χ3n) is 2.70. The molecule has 2 rings (SSSR count). The van der Waals surface area contributed by atoms with Crippen LogP contribution in [0.1, 0.15) is 5.56 Å². The summed E-state index contributed by atoms with van der Waals surface area (Å²) < 4.78 is 25.9. The number of aromatic nitrogens is 2. The second kappa shape index (κ2) is 5.73. The molecule has 0 radical (unpaired) electrons. The molecule has 2 aromatic rings. The topological polar surface area (TPSA) is 116 Å². The van der Waals surface area contributed by atoms with Crippen LogP contribution in [0.15, 0.2) is 41.4 Å². The molecular weight excluding hydrogens is 278 g/mol. The van der Waals surface area contributed by atoms with Gasteiger partial charge in [0.25, 0.3) is 0 Å². The van der Waals surface area contributed by atoms with Gasteiger partial charge in [-0.25, -0.2) is 8.42 Å². The Hall–Kier alpha value is -2.37. The highest BCUT2D eigenvalue weighted by atomic mass is 32.2. The Labute approximate surface area is 116 Å². The van der Waals surface area contributed by atoms with Crippen molar-refractivity contribution in [2.24, 2.45) is 0 Å². The quantitative estimate of drug-likeness (QED) is 0.787. The molecule has 0 fully saturated rings. The zero-order valence-electron chi connectivity index (χ0n) is 10.5. The molecule has 7 nitrogen and oxygen atoms in total. The number of nitrogens with zero attached hydrogens (tertiary/aromatic N) is 3. The molecule has 0 aliphatic heterocycles. The van der Waals surface area contributed by atoms with Crippen LogP contribution in [0.3, 0.4) is 0 Å². The van der Waals surface area contributed by atoms with Crippen LogP contribution >= 0.6 is 0 Å². The number of nitrogens with one attached hydrogen (secondary N) is 1. The molecular formula is C12H13N5O2S. The van der Waals surface area contributed by atoms with E-state index in [2.05, 4.69) is 10.2 Å². The highest BCUT2D eigenvalue weighted by Gasteiger charge is 2.27. The maximum absolute atomic E-state index is 12.4. The van der Waals surface area contributed by atoms with Gasteiger partial charge < -0.3 is 5.73 Å². The fourth-order valence-electron chi connectivity index (χ4n) is 1.72. The molecule has 0 bridgehead atoms. The molecule has 0 amide bonds. The molecule has 3 N–H and O–H groups in total. The second-order valence-corrected chi connectivity index (χ2v) is 5.97. The summed E-state index contributed by atoms with van der Waals surface area (Å²) >= 11 is 0. The van der Waals surface area contributed by atoms with Crippen LogP contribution in [-0.2, 0) is 16.6 Å². The van der Waals surface area contributed by atoms with Crippen molar-refractivity contribution in [3.8, 4) is 6.07 Å². The lowest BCUT2D eigenvalue weighted by Crippen LogP contribution is -2.31. The van der Waals surface area contributed by atoms with Crippen molar-refractivity contribution in [2.75, 3.05) is 12.3 Å². The number of aromatic amines is 1. The Morgan fingerprint density at radius 3 is 2.60 bits per heavy atom. The first-order chi connectivity index (χ1) is 9.55. The number of hydrogen-bond acceptors (Lipinski definition) is 5. The van der Waals surface area contributed by atoms with Crippen LogP contribution < -0.4 is 5.73 Å². The lowest BCUT2D eigenvalue weighted by molar-refractivity contribution is 0.441. The third-order valence-corrected chi connectivity index (χ3v) is 4.52. The molecule has 0 saturated heterocycles. The van der Waals surface area contributed by atoms with Gasteiger partial charge in [-0.2, -0.15) is 14.7 Å². The summed E-state index contributed by atoms with van der Waals surface area (Å²) in [6, 6.07) is 10.9. The molecule has 1 aromatic heterocycles. The molecule has 104 valence electrons. The van der Waals surface area contributed by atoms with Gasteiger partial charge in [-0.05, 0) is 5.56 Å². The van der Waals surface area contributed by atoms with Crippen LogP contribution in [0, 0.1) is 11.3 Å². The molecule has 1 aromatic carbocycles. The van der Waals surface area contributed by atoms with E-state index < -0.39 is 10.0 Å². The first-order valence-electron chi connectivity index (χ1n) is 5.75. The minimum Gasteiger partial charge on any atom is -0.383 e. The van der Waals surface area contributed by atoms with Gasteiger partial charge in [-0.3, -0.25) is 5.10 Å². The van der Waals surface area contributed by atoms with Crippen molar-refractivity contribution in [1.82, 2.24) is 14.5 Å². The Morgan fingerprint density at radius 1 is 1.35 bits per heavy atom. The van der Waals surface area contributed by atoms with E-state index in [1.807, 2.05) is 12.1 Å². The lowest BCUT2D eigenvalue weighted by Gasteiger charge is -2.18. The van der Waals surface area contributed by atoms with Crippen LogP contribution in [0.4, 0.5) is 5.82 Å². The molecule has 8 heteroatoms. The predicted octanol–water partition coefficient (Wildman–Crippen LogP) is 0.706. The number of H-pyrrole nitrogens is 1. The average Bonchev–Trinajstić information content (AvgIpc) is 2.86. The van der Waals surface area contributed by atoms with E-state index in [-0.39, 0.29) is 23.8 Å². The smallest absolute Gasteiger partial charge is 0.249 e. The summed E-state index contributed by atoms with van der Waals surface area (Å²) in [5.41, 5.74) is 6.33. The maximum Gasteiger partial charge on any atom is 0.249 e. The number of benzene rings is 1. The number of nitrogens with two attached hydrogens (primary N) is 1. The van der Waals surface area contributed by atoms with Gasteiger partial charge in [0, 0.05) is 6.54 Å². The van der Waals surface area contributed by atoms with Gasteiger partial charge >= 0.3 is 0 Å². The molecule has 0 unspecified atom stereocenters. The fraction of sp³-hybridized carbons (Fsp3) is 0.167. The fourth-order valence-corrected chi connectivity index (χ4v) is 3.06. The van der Waals surface area contributed by atoms with Gasteiger partial charge in [-0.15, -0.1) is 0 Å². The van der Waals surface area contributed by atoms with E-state index in [4.69, 9.17) is 11.0 Å². The molecule has 0 spiro atoms. The second-order valence-electron chi connectivity index (χ2n) is 4.06. The highest BCUT2D eigenvalue weighted by molar-refractivity contribution is 7.89. The zero-order chi connectivity index (χ0) is 14.6. The van der Waals surface area contributed by atoms with E-state index in [9.17, 15) is 8.42 Å². The monoisotopic (exact) mass is 291 g/mol. The highest BCUT2D eigenvalue weighted by Crippen LogP contribution is 2.21. The van der Waals surface area contributed by atoms with Crippen molar-refractivity contribution in [3.63, 3.8) is 0 Å². The third kappa shape index (κ3) is 2.79. The van der Waals surface area contributed by atoms with Crippen LogP contribution in [0.2, 0.25) is 0 Å². The number of anilines is 1. The predicted molar refractivity (Wildman–Crippen MR) is 72.7 cm³/mol. The van der Waals surface area contributed by atoms with E-state index >= 15 is 0 Å². The van der Waals surface area contributed by atoms with Gasteiger partial charge in [-0.1, -0.05) is 30.3 Å². The Bertz CT molecular complexity index is 718. The molecule has 0 aliphatic rings. The maximum atomic E-state index is 12.4. The summed E-state index contributed by atoms with van der Waals surface area (Å²) in [6.45, 7) is -0.163. The van der Waals surface area contributed by atoms with Gasteiger partial charge in [0.05, 0.1) is 12.3 Å². The summed E-state index contributed by atoms with van der Waals surface area (Å²) in [4.78, 5) is -0.122. The van der Waals surface area contributed by atoms with Crippen LogP contribution in [0.25, 0.3) is 0 Å². The zero-order valence-corrected chi connectivity index (χ0v) is 11.3. The molecule has 20 heavy (non-hydrogen) atoms. The van der Waals surface area contributed by atoms with E-state index in [1.165, 1.54) is 0 Å². The van der Waals surface area contributed by atoms with Crippen molar-refractivity contribution in [1.29, 1.82) is 5.26 Å². The van der Waals surface area contributed by atoms with E-state index in [0.29, 0.717) is 0 Å². The normalized spacial score (nSPS) is 11.4. The van der Waals surface area contributed by atoms with Crippen molar-refractivity contribution < 1.29 is 8.42 Å². The minimum absolute atomic E-state index is 0.0407. The number of rotatable bonds is 5. The van der Waals surface area contributed by atoms with E-state index in [0.717, 1.165) is 16.1 Å². The summed E-state index contributed by atoms with van der Waals surface area (Å²) in [5, 5.41) is 14.8. The van der Waals surface area contributed by atoms with Crippen LogP contribution in [-0.4, -0.2) is 29.5 Å². The van der Waals surface area contributed by atoms with E-state index in [1.54, 1.807) is 24.3 Å². The lowest BCUT2D eigenvalue weighted by atomic mass is 10.2. The molecule has 1 heterocycles. The van der Waals surface area contributed by atoms with Crippen molar-refractivity contribution >= 4 is 15.8 Å². The standard InChI is InChI=1S/C12H13N5O2S/c13-6-7-17(9-10-4-2-1-3-5-10)20(18,19)11-8-15-16-12(11)14/h1-5,8H,7,9H2,(H3,14,15,16). The average molecular weight is 291 g/mol. The Balaban J connectivity index is 2.34. The van der Waals surface area contributed by atoms with Crippen LogP contribution in [0.5, 0.6) is 0 Å². The SMILES string of the molecule is N#CCN(Cc1ccccc1)S(=O)(=O)c1cn[nH]c1N. The Kier molecular flexibility index (Phi) is 4.02. The number of hydrogen-bond donors (Lipinski definition) is 2. The van der Waals surface area contributed by atoms with Gasteiger partial charge in [0.15, 0.2) is 0 Å². The summed E-state index contributed by atoms with van der Waals surface area (Å²) in [7, 11) is -3.86. The van der Waals surface area contributed by atoms with Crippen molar-refractivity contribution in [2.45, 2.75) is 11.4 Å². The number of sulfonamides is 1. The molecule has 0 atom stereocenters. The van der Waals surface area contributed by atoms with Gasteiger partial charge in [0.2, 0.25) is 10.0 Å². The minimum atomic E-state index is -3.86. The largest absolute Gasteiger partial charge is 0.383 e. The summed E-state index contributed by atoms with van der Waals surface area (Å²) in [5.74, 6) is -0.0407. The molecule has 0 saturated carbocycles.